The van der Waals surface area contributed by atoms with E-state index in [-0.39, 0.29) is 29.3 Å². The zero-order chi connectivity index (χ0) is 22.8. The van der Waals surface area contributed by atoms with Crippen molar-refractivity contribution in [2.24, 2.45) is 0 Å². The Morgan fingerprint density at radius 1 is 1.19 bits per heavy atom. The number of carbonyl (C=O) groups is 4. The second kappa shape index (κ2) is 9.10. The first-order valence-corrected chi connectivity index (χ1v) is 10.6. The van der Waals surface area contributed by atoms with E-state index < -0.39 is 30.3 Å². The lowest BCUT2D eigenvalue weighted by atomic mass is 10.1. The van der Waals surface area contributed by atoms with Crippen molar-refractivity contribution < 1.29 is 28.7 Å². The number of amides is 3. The predicted octanol–water partition coefficient (Wildman–Crippen LogP) is 3.22. The van der Waals surface area contributed by atoms with E-state index >= 15 is 0 Å². The van der Waals surface area contributed by atoms with Crippen LogP contribution >= 0.6 is 11.6 Å². The van der Waals surface area contributed by atoms with Crippen molar-refractivity contribution in [1.82, 2.24) is 4.90 Å². The average molecular weight is 457 g/mol. The number of nitrogens with zero attached hydrogens (tertiary/aromatic N) is 1. The van der Waals surface area contributed by atoms with Crippen LogP contribution in [0.4, 0.5) is 5.69 Å². The highest BCUT2D eigenvalue weighted by Gasteiger charge is 2.38. The van der Waals surface area contributed by atoms with Crippen molar-refractivity contribution in [1.29, 1.82) is 0 Å². The second-order valence-corrected chi connectivity index (χ2v) is 8.06. The second-order valence-electron chi connectivity index (χ2n) is 7.65. The van der Waals surface area contributed by atoms with E-state index in [0.29, 0.717) is 22.9 Å². The third-order valence-electron chi connectivity index (χ3n) is 5.49. The van der Waals surface area contributed by atoms with E-state index in [2.05, 4.69) is 5.32 Å². The minimum Gasteiger partial charge on any atom is -0.452 e. The van der Waals surface area contributed by atoms with Gasteiger partial charge < -0.3 is 14.8 Å². The van der Waals surface area contributed by atoms with Crippen LogP contribution in [0.2, 0.25) is 5.02 Å². The van der Waals surface area contributed by atoms with Gasteiger partial charge in [-0.3, -0.25) is 19.3 Å². The number of fused-ring (bicyclic) bond motifs is 1. The minimum absolute atomic E-state index is 0.0793. The van der Waals surface area contributed by atoms with Gasteiger partial charge in [-0.25, -0.2) is 4.79 Å². The van der Waals surface area contributed by atoms with E-state index in [1.54, 1.807) is 25.1 Å². The standard InChI is InChI=1S/C23H21ClN2O6/c1-13-18(24)5-2-6-19(13)25-20(27)12-32-23(30)14-7-8-16-17(10-14)22(29)26(21(16)28)11-15-4-3-9-31-15/h2,5-8,10,15H,3-4,9,11-12H2,1H3,(H,25,27). The molecule has 2 heterocycles. The first-order valence-electron chi connectivity index (χ1n) is 10.2. The fraction of sp³-hybridized carbons (Fsp3) is 0.304. The Labute approximate surface area is 189 Å². The summed E-state index contributed by atoms with van der Waals surface area (Å²) in [5.74, 6) is -2.18. The summed E-state index contributed by atoms with van der Waals surface area (Å²) in [4.78, 5) is 51.0. The minimum atomic E-state index is -0.774. The van der Waals surface area contributed by atoms with Gasteiger partial charge >= 0.3 is 5.97 Å². The van der Waals surface area contributed by atoms with Gasteiger partial charge in [0.2, 0.25) is 0 Å². The van der Waals surface area contributed by atoms with Crippen molar-refractivity contribution in [2.45, 2.75) is 25.9 Å². The van der Waals surface area contributed by atoms with Crippen molar-refractivity contribution in [3.63, 3.8) is 0 Å². The molecule has 0 aliphatic carbocycles. The van der Waals surface area contributed by atoms with Crippen LogP contribution in [-0.2, 0) is 14.3 Å². The Balaban J connectivity index is 1.39. The van der Waals surface area contributed by atoms with Gasteiger partial charge in [0.05, 0.1) is 29.3 Å². The zero-order valence-electron chi connectivity index (χ0n) is 17.4. The molecule has 1 N–H and O–H groups in total. The van der Waals surface area contributed by atoms with Gasteiger partial charge in [-0.1, -0.05) is 17.7 Å². The molecule has 1 atom stereocenters. The highest BCUT2D eigenvalue weighted by atomic mass is 35.5. The molecular weight excluding hydrogens is 436 g/mol. The van der Waals surface area contributed by atoms with Gasteiger partial charge in [-0.15, -0.1) is 0 Å². The predicted molar refractivity (Wildman–Crippen MR) is 116 cm³/mol. The number of halogens is 1. The van der Waals surface area contributed by atoms with Crippen molar-refractivity contribution in [3.8, 4) is 0 Å². The molecule has 4 rings (SSSR count). The van der Waals surface area contributed by atoms with Crippen molar-refractivity contribution in [2.75, 3.05) is 25.1 Å². The van der Waals surface area contributed by atoms with Gasteiger partial charge in [0.15, 0.2) is 6.61 Å². The lowest BCUT2D eigenvalue weighted by Gasteiger charge is -2.17. The maximum atomic E-state index is 12.7. The van der Waals surface area contributed by atoms with Crippen LogP contribution in [0.3, 0.4) is 0 Å². The van der Waals surface area contributed by atoms with E-state index in [0.717, 1.165) is 17.7 Å². The zero-order valence-corrected chi connectivity index (χ0v) is 18.1. The number of hydrogen-bond acceptors (Lipinski definition) is 6. The summed E-state index contributed by atoms with van der Waals surface area (Å²) in [5.41, 5.74) is 1.67. The number of anilines is 1. The summed E-state index contributed by atoms with van der Waals surface area (Å²) < 4.78 is 10.6. The van der Waals surface area contributed by atoms with E-state index in [1.165, 1.54) is 18.2 Å². The molecule has 32 heavy (non-hydrogen) atoms. The maximum absolute atomic E-state index is 12.7. The number of carbonyl (C=O) groups excluding carboxylic acids is 4. The van der Waals surface area contributed by atoms with Crippen LogP contribution in [0.5, 0.6) is 0 Å². The molecule has 1 unspecified atom stereocenters. The average Bonchev–Trinajstić information content (AvgIpc) is 3.38. The van der Waals surface area contributed by atoms with Gasteiger partial charge in [0.25, 0.3) is 17.7 Å². The first kappa shape index (κ1) is 22.0. The molecule has 0 aromatic heterocycles. The number of hydrogen-bond donors (Lipinski definition) is 1. The molecule has 2 aliphatic heterocycles. The quantitative estimate of drug-likeness (QED) is 0.529. The van der Waals surface area contributed by atoms with Gasteiger partial charge in [0.1, 0.15) is 0 Å². The first-order chi connectivity index (χ1) is 15.3. The molecule has 2 aliphatic rings. The lowest BCUT2D eigenvalue weighted by molar-refractivity contribution is -0.119. The molecule has 166 valence electrons. The number of benzene rings is 2. The SMILES string of the molecule is Cc1c(Cl)cccc1NC(=O)COC(=O)c1ccc2c(c1)C(=O)N(CC1CCCO1)C2=O. The van der Waals surface area contributed by atoms with E-state index in [1.807, 2.05) is 0 Å². The molecule has 1 saturated heterocycles. The third-order valence-corrected chi connectivity index (χ3v) is 5.90. The molecule has 3 amide bonds. The van der Waals surface area contributed by atoms with Crippen molar-refractivity contribution in [3.05, 3.63) is 63.7 Å². The summed E-state index contributed by atoms with van der Waals surface area (Å²) in [6.45, 7) is 2.05. The van der Waals surface area contributed by atoms with Gasteiger partial charge in [0, 0.05) is 17.3 Å². The fourth-order valence-corrected chi connectivity index (χ4v) is 3.89. The Hall–Kier alpha value is -3.23. The van der Waals surface area contributed by atoms with Gasteiger partial charge in [-0.2, -0.15) is 0 Å². The molecule has 0 spiro atoms. The number of esters is 1. The molecule has 2 aromatic rings. The number of imide groups is 1. The Morgan fingerprint density at radius 3 is 2.72 bits per heavy atom. The van der Waals surface area contributed by atoms with Crippen LogP contribution in [0.1, 0.15) is 49.5 Å². The Bertz CT molecular complexity index is 1110. The maximum Gasteiger partial charge on any atom is 0.338 e. The smallest absolute Gasteiger partial charge is 0.338 e. The topological polar surface area (TPSA) is 102 Å². The number of rotatable bonds is 6. The lowest BCUT2D eigenvalue weighted by Crippen LogP contribution is -2.36. The summed E-state index contributed by atoms with van der Waals surface area (Å²) >= 11 is 6.03. The van der Waals surface area contributed by atoms with E-state index in [9.17, 15) is 19.2 Å². The third kappa shape index (κ3) is 4.37. The van der Waals surface area contributed by atoms with Crippen LogP contribution in [0.15, 0.2) is 36.4 Å². The van der Waals surface area contributed by atoms with Crippen LogP contribution in [0.25, 0.3) is 0 Å². The molecule has 0 saturated carbocycles. The van der Waals surface area contributed by atoms with Gasteiger partial charge in [-0.05, 0) is 55.7 Å². The Kier molecular flexibility index (Phi) is 6.25. The normalized spacial score (nSPS) is 17.4. The molecule has 0 radical (unpaired) electrons. The monoisotopic (exact) mass is 456 g/mol. The highest BCUT2D eigenvalue weighted by molar-refractivity contribution is 6.31. The molecule has 0 bridgehead atoms. The van der Waals surface area contributed by atoms with Crippen LogP contribution in [0, 0.1) is 6.92 Å². The summed E-state index contributed by atoms with van der Waals surface area (Å²) in [6, 6.07) is 9.24. The largest absolute Gasteiger partial charge is 0.452 e. The Morgan fingerprint density at radius 2 is 1.97 bits per heavy atom. The van der Waals surface area contributed by atoms with Crippen molar-refractivity contribution >= 4 is 41.0 Å². The van der Waals surface area contributed by atoms with Crippen LogP contribution < -0.4 is 5.32 Å². The fourth-order valence-electron chi connectivity index (χ4n) is 3.72. The molecule has 8 nitrogen and oxygen atoms in total. The molecular formula is C23H21ClN2O6. The highest BCUT2D eigenvalue weighted by Crippen LogP contribution is 2.26. The summed E-state index contributed by atoms with van der Waals surface area (Å²) in [5, 5.41) is 3.14. The summed E-state index contributed by atoms with van der Waals surface area (Å²) in [7, 11) is 0. The molecule has 2 aromatic carbocycles. The number of ether oxygens (including phenoxy) is 2. The molecule has 1 fully saturated rings. The van der Waals surface area contributed by atoms with Crippen LogP contribution in [-0.4, -0.2) is 54.5 Å². The van der Waals surface area contributed by atoms with E-state index in [4.69, 9.17) is 21.1 Å². The molecule has 9 heteroatoms. The number of nitrogens with one attached hydrogen (secondary N) is 1. The summed E-state index contributed by atoms with van der Waals surface area (Å²) in [6.07, 6.45) is 1.53.